The van der Waals surface area contributed by atoms with Crippen molar-refractivity contribution in [1.29, 1.82) is 0 Å². The molecule has 1 aliphatic rings. The Balaban J connectivity index is 1.44. The third-order valence-corrected chi connectivity index (χ3v) is 4.48. The first-order chi connectivity index (χ1) is 13.1. The van der Waals surface area contributed by atoms with E-state index in [0.29, 0.717) is 11.3 Å². The van der Waals surface area contributed by atoms with E-state index in [1.807, 2.05) is 54.6 Å². The van der Waals surface area contributed by atoms with Gasteiger partial charge in [0.25, 0.3) is 11.8 Å². The molecule has 3 aromatic rings. The van der Waals surface area contributed by atoms with Crippen LogP contribution >= 0.6 is 0 Å². The summed E-state index contributed by atoms with van der Waals surface area (Å²) in [7, 11) is 0. The van der Waals surface area contributed by atoms with Gasteiger partial charge >= 0.3 is 0 Å². The molecule has 0 saturated heterocycles. The van der Waals surface area contributed by atoms with E-state index >= 15 is 0 Å². The van der Waals surface area contributed by atoms with Gasteiger partial charge in [0.1, 0.15) is 11.9 Å². The molecule has 1 atom stereocenters. The van der Waals surface area contributed by atoms with Gasteiger partial charge in [-0.2, -0.15) is 0 Å². The molecule has 0 spiro atoms. The van der Waals surface area contributed by atoms with Gasteiger partial charge < -0.3 is 10.1 Å². The van der Waals surface area contributed by atoms with Crippen LogP contribution in [-0.4, -0.2) is 29.6 Å². The Morgan fingerprint density at radius 3 is 2.70 bits per heavy atom. The molecular formula is C21H19N3O3. The van der Waals surface area contributed by atoms with E-state index in [-0.39, 0.29) is 18.7 Å². The number of rotatable bonds is 4. The Labute approximate surface area is 156 Å². The van der Waals surface area contributed by atoms with E-state index in [2.05, 4.69) is 10.7 Å². The van der Waals surface area contributed by atoms with Gasteiger partial charge in [-0.1, -0.05) is 48.5 Å². The maximum Gasteiger partial charge on any atom is 0.276 e. The summed E-state index contributed by atoms with van der Waals surface area (Å²) in [5, 5.41) is 6.46. The number of hydrogen-bond donors (Lipinski definition) is 2. The molecule has 0 saturated carbocycles. The van der Waals surface area contributed by atoms with Crippen molar-refractivity contribution >= 4 is 28.3 Å². The topological polar surface area (TPSA) is 70.7 Å². The lowest BCUT2D eigenvalue weighted by molar-refractivity contribution is -0.127. The number of carbonyl (C=O) groups excluding carboxylic acids is 2. The zero-order chi connectivity index (χ0) is 18.8. The second-order valence-corrected chi connectivity index (χ2v) is 6.34. The average molecular weight is 361 g/mol. The largest absolute Gasteiger partial charge is 0.483 e. The molecule has 6 heteroatoms. The molecule has 3 aromatic carbocycles. The quantitative estimate of drug-likeness (QED) is 0.749. The number of nitrogens with zero attached hydrogens (tertiary/aromatic N) is 1. The number of nitrogens with one attached hydrogen (secondary N) is 2. The van der Waals surface area contributed by atoms with Crippen molar-refractivity contribution in [3.05, 3.63) is 72.3 Å². The summed E-state index contributed by atoms with van der Waals surface area (Å²) in [6.07, 6.45) is -0.367. The van der Waals surface area contributed by atoms with E-state index in [1.165, 1.54) is 5.01 Å². The molecule has 6 nitrogen and oxygen atoms in total. The molecule has 2 N–H and O–H groups in total. The fourth-order valence-corrected chi connectivity index (χ4v) is 3.17. The minimum atomic E-state index is -0.399. The van der Waals surface area contributed by atoms with Gasteiger partial charge in [-0.05, 0) is 30.5 Å². The first-order valence-electron chi connectivity index (χ1n) is 8.72. The van der Waals surface area contributed by atoms with Crippen LogP contribution in [0.4, 0.5) is 5.69 Å². The summed E-state index contributed by atoms with van der Waals surface area (Å²) in [6.45, 7) is 1.62. The number of carbonyl (C=O) groups is 2. The lowest BCUT2D eigenvalue weighted by Gasteiger charge is -2.35. The Kier molecular flexibility index (Phi) is 4.38. The van der Waals surface area contributed by atoms with E-state index in [9.17, 15) is 9.59 Å². The summed E-state index contributed by atoms with van der Waals surface area (Å²) < 4.78 is 5.69. The highest BCUT2D eigenvalue weighted by atomic mass is 16.5. The highest BCUT2D eigenvalue weighted by Gasteiger charge is 2.30. The zero-order valence-corrected chi connectivity index (χ0v) is 14.8. The maximum atomic E-state index is 12.6. The number of para-hydroxylation sites is 1. The molecule has 1 unspecified atom stereocenters. The lowest BCUT2D eigenvalue weighted by atomic mass is 10.1. The minimum Gasteiger partial charge on any atom is -0.483 e. The number of ether oxygens (including phenoxy) is 1. The molecule has 4 rings (SSSR count). The van der Waals surface area contributed by atoms with Crippen molar-refractivity contribution in [1.82, 2.24) is 10.4 Å². The number of hydrogen-bond acceptors (Lipinski definition) is 4. The molecule has 0 aliphatic carbocycles. The first-order valence-corrected chi connectivity index (χ1v) is 8.72. The Bertz CT molecular complexity index is 1010. The number of anilines is 1. The van der Waals surface area contributed by atoms with Crippen molar-refractivity contribution in [3.63, 3.8) is 0 Å². The van der Waals surface area contributed by atoms with Crippen molar-refractivity contribution < 1.29 is 14.3 Å². The summed E-state index contributed by atoms with van der Waals surface area (Å²) >= 11 is 0. The van der Waals surface area contributed by atoms with Crippen molar-refractivity contribution in [2.24, 2.45) is 0 Å². The smallest absolute Gasteiger partial charge is 0.276 e. The Morgan fingerprint density at radius 1 is 1.07 bits per heavy atom. The highest BCUT2D eigenvalue weighted by Crippen LogP contribution is 2.25. The SMILES string of the molecule is CC1Nc2ccccc2C(=O)N1NC(=O)COc1cccc2ccccc12. The maximum absolute atomic E-state index is 12.6. The van der Waals surface area contributed by atoms with E-state index in [1.54, 1.807) is 19.1 Å². The number of benzene rings is 3. The number of amides is 2. The Morgan fingerprint density at radius 2 is 1.81 bits per heavy atom. The summed E-state index contributed by atoms with van der Waals surface area (Å²) in [4.78, 5) is 25.0. The molecule has 2 amide bonds. The predicted molar refractivity (Wildman–Crippen MR) is 103 cm³/mol. The molecule has 1 heterocycles. The van der Waals surface area contributed by atoms with E-state index < -0.39 is 5.91 Å². The van der Waals surface area contributed by atoms with Crippen LogP contribution < -0.4 is 15.5 Å². The van der Waals surface area contributed by atoms with Crippen LogP contribution in [0, 0.1) is 0 Å². The normalized spacial score (nSPS) is 15.8. The summed E-state index contributed by atoms with van der Waals surface area (Å²) in [6, 6.07) is 20.7. The van der Waals surface area contributed by atoms with Gasteiger partial charge in [-0.3, -0.25) is 15.0 Å². The third kappa shape index (κ3) is 3.29. The molecule has 136 valence electrons. The van der Waals surface area contributed by atoms with Gasteiger partial charge in [0.2, 0.25) is 0 Å². The van der Waals surface area contributed by atoms with Gasteiger partial charge in [-0.15, -0.1) is 0 Å². The second kappa shape index (κ2) is 6.99. The molecule has 0 fully saturated rings. The molecule has 0 bridgehead atoms. The van der Waals surface area contributed by atoms with Crippen LogP contribution in [0.3, 0.4) is 0 Å². The predicted octanol–water partition coefficient (Wildman–Crippen LogP) is 3.16. The molecule has 0 radical (unpaired) electrons. The second-order valence-electron chi connectivity index (χ2n) is 6.34. The van der Waals surface area contributed by atoms with Crippen LogP contribution in [-0.2, 0) is 4.79 Å². The highest BCUT2D eigenvalue weighted by molar-refractivity contribution is 6.02. The van der Waals surface area contributed by atoms with E-state index in [4.69, 9.17) is 4.74 Å². The van der Waals surface area contributed by atoms with Gasteiger partial charge in [0.05, 0.1) is 5.56 Å². The fraction of sp³-hybridized carbons (Fsp3) is 0.143. The van der Waals surface area contributed by atoms with Crippen molar-refractivity contribution in [2.45, 2.75) is 13.1 Å². The van der Waals surface area contributed by atoms with Crippen LogP contribution in [0.2, 0.25) is 0 Å². The van der Waals surface area contributed by atoms with Crippen LogP contribution in [0.25, 0.3) is 10.8 Å². The monoisotopic (exact) mass is 361 g/mol. The number of fused-ring (bicyclic) bond motifs is 2. The fourth-order valence-electron chi connectivity index (χ4n) is 3.17. The first kappa shape index (κ1) is 16.9. The molecule has 27 heavy (non-hydrogen) atoms. The van der Waals surface area contributed by atoms with Crippen LogP contribution in [0.15, 0.2) is 66.7 Å². The van der Waals surface area contributed by atoms with Gasteiger partial charge in [0, 0.05) is 11.1 Å². The summed E-state index contributed by atoms with van der Waals surface area (Å²) in [5.74, 6) is -0.0237. The lowest BCUT2D eigenvalue weighted by Crippen LogP contribution is -2.56. The summed E-state index contributed by atoms with van der Waals surface area (Å²) in [5.41, 5.74) is 3.91. The van der Waals surface area contributed by atoms with E-state index in [0.717, 1.165) is 16.5 Å². The van der Waals surface area contributed by atoms with Crippen molar-refractivity contribution in [2.75, 3.05) is 11.9 Å². The van der Waals surface area contributed by atoms with Gasteiger partial charge in [0.15, 0.2) is 6.61 Å². The van der Waals surface area contributed by atoms with Crippen LogP contribution in [0.5, 0.6) is 5.75 Å². The Hall–Kier alpha value is -3.54. The average Bonchev–Trinajstić information content (AvgIpc) is 2.69. The molecule has 0 aromatic heterocycles. The third-order valence-electron chi connectivity index (χ3n) is 4.48. The van der Waals surface area contributed by atoms with Gasteiger partial charge in [-0.25, -0.2) is 5.01 Å². The molecular weight excluding hydrogens is 342 g/mol. The van der Waals surface area contributed by atoms with Crippen molar-refractivity contribution in [3.8, 4) is 5.75 Å². The van der Waals surface area contributed by atoms with Crippen LogP contribution in [0.1, 0.15) is 17.3 Å². The zero-order valence-electron chi connectivity index (χ0n) is 14.8. The standard InChI is InChI=1S/C21H19N3O3/c1-14-22-18-11-5-4-10-17(18)21(26)24(14)23-20(25)13-27-19-12-6-8-15-7-2-3-9-16(15)19/h2-12,14,22H,13H2,1H3,(H,23,25). The molecule has 1 aliphatic heterocycles. The number of hydrazine groups is 1. The minimum absolute atomic E-state index is 0.188.